The quantitative estimate of drug-likeness (QED) is 0.578. The van der Waals surface area contributed by atoms with Crippen molar-refractivity contribution < 1.29 is 0 Å². The van der Waals surface area contributed by atoms with Crippen LogP contribution in [0.25, 0.3) is 0 Å². The van der Waals surface area contributed by atoms with E-state index in [1.165, 1.54) is 6.42 Å². The summed E-state index contributed by atoms with van der Waals surface area (Å²) in [7, 11) is 0. The zero-order valence-electron chi connectivity index (χ0n) is 9.02. The molecule has 0 spiro atoms. The average Bonchev–Trinajstić information content (AvgIpc) is 2.00. The van der Waals surface area contributed by atoms with Crippen LogP contribution in [0.4, 0.5) is 0 Å². The molecular formula is C11H24. The molecule has 0 aromatic heterocycles. The molecule has 0 saturated carbocycles. The second-order valence-electron chi connectivity index (χ2n) is 4.35. The molecule has 11 heavy (non-hydrogen) atoms. The van der Waals surface area contributed by atoms with Crippen LogP contribution in [0, 0.1) is 23.7 Å². The maximum Gasteiger partial charge on any atom is -0.0389 e. The van der Waals surface area contributed by atoms with Crippen LogP contribution in [0.5, 0.6) is 0 Å². The molecule has 0 bridgehead atoms. The predicted molar refractivity (Wildman–Crippen MR) is 52.6 cm³/mol. The molecule has 0 N–H and O–H groups in total. The zero-order chi connectivity index (χ0) is 9.02. The summed E-state index contributed by atoms with van der Waals surface area (Å²) in [5.41, 5.74) is 0. The van der Waals surface area contributed by atoms with Crippen molar-refractivity contribution in [3.05, 3.63) is 0 Å². The van der Waals surface area contributed by atoms with Crippen molar-refractivity contribution >= 4 is 0 Å². The molecule has 0 unspecified atom stereocenters. The maximum atomic E-state index is 2.39. The van der Waals surface area contributed by atoms with E-state index >= 15 is 0 Å². The lowest BCUT2D eigenvalue weighted by atomic mass is 9.78. The Kier molecular flexibility index (Phi) is 4.79. The van der Waals surface area contributed by atoms with Gasteiger partial charge in [-0.05, 0) is 23.7 Å². The second kappa shape index (κ2) is 4.79. The minimum atomic E-state index is 0.832. The molecule has 0 fully saturated rings. The molecule has 0 saturated heterocycles. The van der Waals surface area contributed by atoms with Gasteiger partial charge in [-0.15, -0.1) is 0 Å². The normalized spacial score (nSPS) is 19.9. The van der Waals surface area contributed by atoms with Crippen molar-refractivity contribution in [3.63, 3.8) is 0 Å². The molecule has 0 aromatic rings. The lowest BCUT2D eigenvalue weighted by molar-refractivity contribution is 0.219. The Morgan fingerprint density at radius 3 is 1.55 bits per heavy atom. The van der Waals surface area contributed by atoms with Crippen LogP contribution in [0.15, 0.2) is 0 Å². The molecule has 0 aliphatic heterocycles. The fraction of sp³-hybridized carbons (Fsp3) is 1.00. The van der Waals surface area contributed by atoms with Crippen LogP contribution < -0.4 is 0 Å². The summed E-state index contributed by atoms with van der Waals surface area (Å²) in [6, 6.07) is 0. The summed E-state index contributed by atoms with van der Waals surface area (Å²) < 4.78 is 0. The number of hydrogen-bond donors (Lipinski definition) is 0. The van der Waals surface area contributed by atoms with Gasteiger partial charge in [-0.1, -0.05) is 48.0 Å². The van der Waals surface area contributed by atoms with Gasteiger partial charge in [-0.3, -0.25) is 0 Å². The van der Waals surface area contributed by atoms with Gasteiger partial charge in [0, 0.05) is 0 Å². The van der Waals surface area contributed by atoms with E-state index in [4.69, 9.17) is 0 Å². The maximum absolute atomic E-state index is 2.39. The Labute approximate surface area is 72.4 Å². The first-order valence-electron chi connectivity index (χ1n) is 5.00. The minimum absolute atomic E-state index is 0.832. The fourth-order valence-electron chi connectivity index (χ4n) is 1.50. The molecule has 0 aliphatic rings. The van der Waals surface area contributed by atoms with Crippen LogP contribution in [0.1, 0.15) is 48.0 Å². The molecule has 0 amide bonds. The lowest BCUT2D eigenvalue weighted by Crippen LogP contribution is -2.20. The SMILES string of the molecule is CC[C@H](C)[C@@H](C)[C@H](C)C(C)C. The van der Waals surface area contributed by atoms with Crippen LogP contribution >= 0.6 is 0 Å². The number of hydrogen-bond acceptors (Lipinski definition) is 0. The molecule has 0 rings (SSSR count). The highest BCUT2D eigenvalue weighted by molar-refractivity contribution is 4.69. The summed E-state index contributed by atoms with van der Waals surface area (Å²) in [5, 5.41) is 0. The third kappa shape index (κ3) is 3.27. The summed E-state index contributed by atoms with van der Waals surface area (Å²) in [5.74, 6) is 3.45. The molecule has 0 heteroatoms. The standard InChI is InChI=1S/C11H24/c1-7-9(4)11(6)10(5)8(2)3/h8-11H,7H2,1-6H3/t9-,10+,11+/m0/s1. The van der Waals surface area contributed by atoms with Gasteiger partial charge < -0.3 is 0 Å². The van der Waals surface area contributed by atoms with Gasteiger partial charge in [0.25, 0.3) is 0 Å². The summed E-state index contributed by atoms with van der Waals surface area (Å²) >= 11 is 0. The smallest absolute Gasteiger partial charge is 0.0389 e. The molecule has 0 aromatic carbocycles. The van der Waals surface area contributed by atoms with E-state index in [-0.39, 0.29) is 0 Å². The van der Waals surface area contributed by atoms with E-state index in [1.807, 2.05) is 0 Å². The minimum Gasteiger partial charge on any atom is -0.0651 e. The Bertz CT molecular complexity index is 94.2. The zero-order valence-corrected chi connectivity index (χ0v) is 9.02. The third-order valence-corrected chi connectivity index (χ3v) is 3.42. The summed E-state index contributed by atoms with van der Waals surface area (Å²) in [6.07, 6.45) is 1.32. The van der Waals surface area contributed by atoms with Crippen LogP contribution in [0.2, 0.25) is 0 Å². The van der Waals surface area contributed by atoms with Crippen LogP contribution in [0.3, 0.4) is 0 Å². The first kappa shape index (κ1) is 11.0. The molecular weight excluding hydrogens is 132 g/mol. The highest BCUT2D eigenvalue weighted by Crippen LogP contribution is 2.27. The lowest BCUT2D eigenvalue weighted by Gasteiger charge is -2.28. The van der Waals surface area contributed by atoms with Crippen LogP contribution in [-0.2, 0) is 0 Å². The van der Waals surface area contributed by atoms with E-state index in [1.54, 1.807) is 0 Å². The highest BCUT2D eigenvalue weighted by atomic mass is 14.2. The van der Waals surface area contributed by atoms with Gasteiger partial charge >= 0.3 is 0 Å². The van der Waals surface area contributed by atoms with Crippen molar-refractivity contribution in [2.75, 3.05) is 0 Å². The topological polar surface area (TPSA) is 0 Å². The third-order valence-electron chi connectivity index (χ3n) is 3.42. The van der Waals surface area contributed by atoms with E-state index in [2.05, 4.69) is 41.5 Å². The Morgan fingerprint density at radius 2 is 1.27 bits per heavy atom. The van der Waals surface area contributed by atoms with Gasteiger partial charge in [-0.25, -0.2) is 0 Å². The van der Waals surface area contributed by atoms with Crippen LogP contribution in [-0.4, -0.2) is 0 Å². The van der Waals surface area contributed by atoms with Crippen molar-refractivity contribution in [2.24, 2.45) is 23.7 Å². The van der Waals surface area contributed by atoms with Gasteiger partial charge in [0.15, 0.2) is 0 Å². The number of rotatable bonds is 4. The van der Waals surface area contributed by atoms with E-state index < -0.39 is 0 Å². The van der Waals surface area contributed by atoms with E-state index in [0.717, 1.165) is 23.7 Å². The Balaban J connectivity index is 3.90. The monoisotopic (exact) mass is 156 g/mol. The average molecular weight is 156 g/mol. The second-order valence-corrected chi connectivity index (χ2v) is 4.35. The van der Waals surface area contributed by atoms with Gasteiger partial charge in [0.1, 0.15) is 0 Å². The largest absolute Gasteiger partial charge is 0.0651 e. The van der Waals surface area contributed by atoms with Gasteiger partial charge in [0.05, 0.1) is 0 Å². The van der Waals surface area contributed by atoms with E-state index in [0.29, 0.717) is 0 Å². The predicted octanol–water partition coefficient (Wildman–Crippen LogP) is 3.96. The van der Waals surface area contributed by atoms with Crippen molar-refractivity contribution in [2.45, 2.75) is 48.0 Å². The van der Waals surface area contributed by atoms with Gasteiger partial charge in [0.2, 0.25) is 0 Å². The molecule has 0 nitrogen and oxygen atoms in total. The first-order valence-corrected chi connectivity index (χ1v) is 5.00. The highest BCUT2D eigenvalue weighted by Gasteiger charge is 2.19. The van der Waals surface area contributed by atoms with Crippen molar-refractivity contribution in [1.29, 1.82) is 0 Å². The molecule has 68 valence electrons. The Hall–Kier alpha value is 0. The molecule has 0 radical (unpaired) electrons. The van der Waals surface area contributed by atoms with Crippen molar-refractivity contribution in [1.82, 2.24) is 0 Å². The summed E-state index contributed by atoms with van der Waals surface area (Å²) in [6.45, 7) is 14.1. The van der Waals surface area contributed by atoms with Crippen molar-refractivity contribution in [3.8, 4) is 0 Å². The molecule has 0 aliphatic carbocycles. The first-order chi connectivity index (χ1) is 5.00. The summed E-state index contributed by atoms with van der Waals surface area (Å²) in [4.78, 5) is 0. The van der Waals surface area contributed by atoms with Gasteiger partial charge in [-0.2, -0.15) is 0 Å². The van der Waals surface area contributed by atoms with E-state index in [9.17, 15) is 0 Å². The molecule has 0 heterocycles. The Morgan fingerprint density at radius 1 is 0.818 bits per heavy atom. The molecule has 3 atom stereocenters. The fourth-order valence-corrected chi connectivity index (χ4v) is 1.50.